The van der Waals surface area contributed by atoms with Crippen LogP contribution in [0, 0.1) is 6.92 Å². The van der Waals surface area contributed by atoms with E-state index >= 15 is 0 Å². The number of hydrogen-bond acceptors (Lipinski definition) is 2. The first-order valence-electron chi connectivity index (χ1n) is 4.64. The molecular weight excluding hydrogens is 198 g/mol. The third-order valence-electron chi connectivity index (χ3n) is 2.30. The minimum atomic E-state index is 0.220. The molecule has 0 aliphatic rings. The zero-order valence-electron chi connectivity index (χ0n) is 8.80. The summed E-state index contributed by atoms with van der Waals surface area (Å²) in [6.07, 6.45) is 0. The number of methoxy groups -OCH3 is 1. The van der Waals surface area contributed by atoms with E-state index in [0.717, 1.165) is 21.9 Å². The third kappa shape index (κ3) is 2.20. The molecule has 1 rings (SSSR count). The fourth-order valence-electron chi connectivity index (χ4n) is 1.49. The molecule has 0 fully saturated rings. The van der Waals surface area contributed by atoms with Crippen LogP contribution in [0.25, 0.3) is 0 Å². The molecule has 0 bridgehead atoms. The van der Waals surface area contributed by atoms with Crippen LogP contribution in [0.3, 0.4) is 0 Å². The largest absolute Gasteiger partial charge is 0.496 e. The zero-order chi connectivity index (χ0) is 10.7. The Bertz CT molecular complexity index is 325. The van der Waals surface area contributed by atoms with Crippen LogP contribution in [0.4, 0.5) is 0 Å². The Morgan fingerprint density at radius 3 is 2.64 bits per heavy atom. The van der Waals surface area contributed by atoms with E-state index in [2.05, 4.69) is 0 Å². The Morgan fingerprint density at radius 2 is 2.14 bits per heavy atom. The molecule has 0 saturated carbocycles. The molecule has 14 heavy (non-hydrogen) atoms. The first-order valence-corrected chi connectivity index (χ1v) is 5.02. The maximum Gasteiger partial charge on any atom is 0.124 e. The monoisotopic (exact) mass is 213 g/mol. The van der Waals surface area contributed by atoms with Gasteiger partial charge in [-0.25, -0.2) is 0 Å². The van der Waals surface area contributed by atoms with E-state index in [9.17, 15) is 0 Å². The number of benzene rings is 1. The van der Waals surface area contributed by atoms with Gasteiger partial charge in [0.1, 0.15) is 5.75 Å². The summed E-state index contributed by atoms with van der Waals surface area (Å²) in [5, 5.41) is 0.736. The minimum Gasteiger partial charge on any atom is -0.496 e. The fraction of sp³-hybridized carbons (Fsp3) is 0.455. The van der Waals surface area contributed by atoms with Crippen LogP contribution >= 0.6 is 11.6 Å². The first kappa shape index (κ1) is 11.3. The summed E-state index contributed by atoms with van der Waals surface area (Å²) in [5.74, 6) is 1.05. The molecule has 0 saturated heterocycles. The van der Waals surface area contributed by atoms with Crippen molar-refractivity contribution in [2.75, 3.05) is 13.7 Å². The molecule has 0 spiro atoms. The average molecular weight is 214 g/mol. The quantitative estimate of drug-likeness (QED) is 0.838. The van der Waals surface area contributed by atoms with Gasteiger partial charge in [-0.2, -0.15) is 0 Å². The first-order chi connectivity index (χ1) is 6.60. The van der Waals surface area contributed by atoms with Crippen LogP contribution in [-0.2, 0) is 0 Å². The van der Waals surface area contributed by atoms with Crippen molar-refractivity contribution in [1.82, 2.24) is 0 Å². The van der Waals surface area contributed by atoms with Gasteiger partial charge in [-0.15, -0.1) is 0 Å². The molecule has 0 aliphatic heterocycles. The standard InChI is InChI=1S/C11H16ClNO/c1-7-4-9(12)11(8(2)6-13)10(5-7)14-3/h4-5,8H,6,13H2,1-3H3. The Hall–Kier alpha value is -0.730. The van der Waals surface area contributed by atoms with Crippen LogP contribution < -0.4 is 10.5 Å². The highest BCUT2D eigenvalue weighted by molar-refractivity contribution is 6.31. The molecule has 78 valence electrons. The second-order valence-electron chi connectivity index (χ2n) is 3.50. The van der Waals surface area contributed by atoms with E-state index in [0.29, 0.717) is 6.54 Å². The molecule has 0 heterocycles. The van der Waals surface area contributed by atoms with E-state index in [1.165, 1.54) is 0 Å². The molecule has 1 atom stereocenters. The lowest BCUT2D eigenvalue weighted by atomic mass is 9.99. The molecule has 1 aromatic rings. The average Bonchev–Trinajstić information content (AvgIpc) is 2.15. The lowest BCUT2D eigenvalue weighted by Gasteiger charge is -2.16. The summed E-state index contributed by atoms with van der Waals surface area (Å²) >= 11 is 6.15. The van der Waals surface area contributed by atoms with Crippen molar-refractivity contribution >= 4 is 11.6 Å². The highest BCUT2D eigenvalue weighted by Gasteiger charge is 2.14. The summed E-state index contributed by atoms with van der Waals surface area (Å²) in [7, 11) is 1.65. The van der Waals surface area contributed by atoms with Crippen molar-refractivity contribution in [3.05, 3.63) is 28.3 Å². The van der Waals surface area contributed by atoms with Gasteiger partial charge in [0.15, 0.2) is 0 Å². The molecule has 0 amide bonds. The van der Waals surface area contributed by atoms with Gasteiger partial charge in [0.2, 0.25) is 0 Å². The van der Waals surface area contributed by atoms with Crippen LogP contribution in [-0.4, -0.2) is 13.7 Å². The predicted molar refractivity (Wildman–Crippen MR) is 60.2 cm³/mol. The van der Waals surface area contributed by atoms with Gasteiger partial charge in [0, 0.05) is 10.6 Å². The van der Waals surface area contributed by atoms with Crippen LogP contribution in [0.15, 0.2) is 12.1 Å². The Balaban J connectivity index is 3.24. The van der Waals surface area contributed by atoms with Gasteiger partial charge < -0.3 is 10.5 Å². The molecule has 1 aromatic carbocycles. The Labute approximate surface area is 90.0 Å². The number of rotatable bonds is 3. The minimum absolute atomic E-state index is 0.220. The second-order valence-corrected chi connectivity index (χ2v) is 3.91. The maximum absolute atomic E-state index is 6.15. The van der Waals surface area contributed by atoms with E-state index in [1.54, 1.807) is 7.11 Å². The van der Waals surface area contributed by atoms with E-state index < -0.39 is 0 Å². The number of hydrogen-bond donors (Lipinski definition) is 1. The molecule has 2 nitrogen and oxygen atoms in total. The number of halogens is 1. The van der Waals surface area contributed by atoms with Crippen molar-refractivity contribution in [1.29, 1.82) is 0 Å². The second kappa shape index (κ2) is 4.67. The molecule has 0 aliphatic carbocycles. The van der Waals surface area contributed by atoms with E-state index in [4.69, 9.17) is 22.1 Å². The van der Waals surface area contributed by atoms with Gasteiger partial charge in [0.25, 0.3) is 0 Å². The third-order valence-corrected chi connectivity index (χ3v) is 2.61. The highest BCUT2D eigenvalue weighted by atomic mass is 35.5. The van der Waals surface area contributed by atoms with Gasteiger partial charge in [-0.3, -0.25) is 0 Å². The Morgan fingerprint density at radius 1 is 1.50 bits per heavy atom. The normalized spacial score (nSPS) is 12.6. The fourth-order valence-corrected chi connectivity index (χ4v) is 1.94. The lowest BCUT2D eigenvalue weighted by Crippen LogP contribution is -2.10. The van der Waals surface area contributed by atoms with Crippen LogP contribution in [0.2, 0.25) is 5.02 Å². The SMILES string of the molecule is COc1cc(C)cc(Cl)c1C(C)CN. The highest BCUT2D eigenvalue weighted by Crippen LogP contribution is 2.33. The molecule has 1 unspecified atom stereocenters. The zero-order valence-corrected chi connectivity index (χ0v) is 9.56. The van der Waals surface area contributed by atoms with Crippen molar-refractivity contribution in [2.24, 2.45) is 5.73 Å². The van der Waals surface area contributed by atoms with Crippen LogP contribution in [0.5, 0.6) is 5.75 Å². The summed E-state index contributed by atoms with van der Waals surface area (Å²) in [6, 6.07) is 3.92. The number of nitrogens with two attached hydrogens (primary N) is 1. The molecule has 2 N–H and O–H groups in total. The summed E-state index contributed by atoms with van der Waals surface area (Å²) in [6.45, 7) is 4.60. The summed E-state index contributed by atoms with van der Waals surface area (Å²) in [5.41, 5.74) is 7.72. The summed E-state index contributed by atoms with van der Waals surface area (Å²) in [4.78, 5) is 0. The number of aryl methyl sites for hydroxylation is 1. The Kier molecular flexibility index (Phi) is 3.78. The molecular formula is C11H16ClNO. The van der Waals surface area contributed by atoms with Crippen LogP contribution in [0.1, 0.15) is 24.0 Å². The molecule has 3 heteroatoms. The van der Waals surface area contributed by atoms with Gasteiger partial charge in [-0.05, 0) is 37.1 Å². The van der Waals surface area contributed by atoms with Gasteiger partial charge in [0.05, 0.1) is 7.11 Å². The predicted octanol–water partition coefficient (Wildman–Crippen LogP) is 2.72. The van der Waals surface area contributed by atoms with E-state index in [1.807, 2.05) is 26.0 Å². The lowest BCUT2D eigenvalue weighted by molar-refractivity contribution is 0.406. The maximum atomic E-state index is 6.15. The van der Waals surface area contributed by atoms with Crippen molar-refractivity contribution in [3.63, 3.8) is 0 Å². The van der Waals surface area contributed by atoms with Crippen molar-refractivity contribution in [2.45, 2.75) is 19.8 Å². The molecule has 0 aromatic heterocycles. The summed E-state index contributed by atoms with van der Waals surface area (Å²) < 4.78 is 5.29. The van der Waals surface area contributed by atoms with Gasteiger partial charge in [-0.1, -0.05) is 18.5 Å². The smallest absolute Gasteiger partial charge is 0.124 e. The number of ether oxygens (including phenoxy) is 1. The van der Waals surface area contributed by atoms with Gasteiger partial charge >= 0.3 is 0 Å². The van der Waals surface area contributed by atoms with Crippen molar-refractivity contribution < 1.29 is 4.74 Å². The topological polar surface area (TPSA) is 35.2 Å². The van der Waals surface area contributed by atoms with Crippen molar-refractivity contribution in [3.8, 4) is 5.75 Å². The molecule has 0 radical (unpaired) electrons. The van der Waals surface area contributed by atoms with E-state index in [-0.39, 0.29) is 5.92 Å².